The monoisotopic (exact) mass is 268 g/mol. The number of fused-ring (bicyclic) bond motifs is 1. The van der Waals surface area contributed by atoms with Crippen molar-refractivity contribution in [3.05, 3.63) is 65.3 Å². The predicted octanol–water partition coefficient (Wildman–Crippen LogP) is 4.94. The van der Waals surface area contributed by atoms with Crippen molar-refractivity contribution < 1.29 is 0 Å². The molecule has 1 aromatic heterocycles. The van der Waals surface area contributed by atoms with Gasteiger partial charge in [0.15, 0.2) is 0 Å². The van der Waals surface area contributed by atoms with E-state index in [2.05, 4.69) is 22.4 Å². The molecule has 0 aliphatic heterocycles. The minimum absolute atomic E-state index is 0.755. The Labute approximate surface area is 117 Å². The lowest BCUT2D eigenvalue weighted by atomic mass is 10.1. The molecule has 3 aromatic rings. The molecule has 3 heteroatoms. The quantitative estimate of drug-likeness (QED) is 0.712. The van der Waals surface area contributed by atoms with Crippen molar-refractivity contribution in [1.82, 2.24) is 4.98 Å². The average molecular weight is 269 g/mol. The Morgan fingerprint density at radius 2 is 1.89 bits per heavy atom. The normalized spacial score (nSPS) is 10.6. The van der Waals surface area contributed by atoms with Gasteiger partial charge in [0.1, 0.15) is 5.82 Å². The van der Waals surface area contributed by atoms with Gasteiger partial charge in [-0.15, -0.1) is 0 Å². The lowest BCUT2D eigenvalue weighted by Gasteiger charge is -2.09. The summed E-state index contributed by atoms with van der Waals surface area (Å²) in [6.07, 6.45) is 1.81. The van der Waals surface area contributed by atoms with Crippen LogP contribution in [0.1, 0.15) is 5.56 Å². The molecule has 2 aromatic carbocycles. The van der Waals surface area contributed by atoms with Crippen LogP contribution < -0.4 is 5.32 Å². The number of rotatable bonds is 2. The van der Waals surface area contributed by atoms with Gasteiger partial charge in [-0.1, -0.05) is 41.9 Å². The van der Waals surface area contributed by atoms with Crippen molar-refractivity contribution >= 4 is 33.9 Å². The van der Waals surface area contributed by atoms with Crippen LogP contribution in [0.3, 0.4) is 0 Å². The second kappa shape index (κ2) is 4.90. The predicted molar refractivity (Wildman–Crippen MR) is 81.2 cm³/mol. The number of pyridine rings is 1. The number of nitrogens with zero attached hydrogens (tertiary/aromatic N) is 1. The fraction of sp³-hybridized carbons (Fsp3) is 0.0625. The summed E-state index contributed by atoms with van der Waals surface area (Å²) in [4.78, 5) is 4.40. The zero-order chi connectivity index (χ0) is 13.2. The Bertz CT molecular complexity index is 732. The van der Waals surface area contributed by atoms with Gasteiger partial charge < -0.3 is 5.32 Å². The maximum atomic E-state index is 6.14. The third kappa shape index (κ3) is 2.40. The summed E-state index contributed by atoms with van der Waals surface area (Å²) in [5, 5.41) is 6.34. The second-order valence-corrected chi connectivity index (χ2v) is 4.88. The summed E-state index contributed by atoms with van der Waals surface area (Å²) in [6.45, 7) is 1.99. The number of anilines is 2. The van der Waals surface area contributed by atoms with Crippen LogP contribution in [-0.2, 0) is 0 Å². The van der Waals surface area contributed by atoms with Gasteiger partial charge in [-0.05, 0) is 36.1 Å². The molecule has 3 rings (SSSR count). The Balaban J connectivity index is 2.03. The van der Waals surface area contributed by atoms with E-state index in [1.807, 2.05) is 43.3 Å². The van der Waals surface area contributed by atoms with Gasteiger partial charge in [-0.3, -0.25) is 0 Å². The molecule has 0 radical (unpaired) electrons. The molecule has 0 amide bonds. The van der Waals surface area contributed by atoms with E-state index in [1.165, 1.54) is 5.39 Å². The van der Waals surface area contributed by atoms with E-state index in [9.17, 15) is 0 Å². The number of hydrogen-bond acceptors (Lipinski definition) is 2. The van der Waals surface area contributed by atoms with Crippen LogP contribution in [0.5, 0.6) is 0 Å². The molecule has 94 valence electrons. The number of aryl methyl sites for hydroxylation is 1. The van der Waals surface area contributed by atoms with E-state index in [4.69, 9.17) is 11.6 Å². The molecule has 0 atom stereocenters. The number of halogens is 1. The minimum atomic E-state index is 0.755. The van der Waals surface area contributed by atoms with E-state index in [0.717, 1.165) is 27.5 Å². The zero-order valence-corrected chi connectivity index (χ0v) is 11.3. The highest BCUT2D eigenvalue weighted by molar-refractivity contribution is 6.31. The largest absolute Gasteiger partial charge is 0.340 e. The molecule has 0 bridgehead atoms. The molecule has 0 saturated carbocycles. The van der Waals surface area contributed by atoms with Gasteiger partial charge in [-0.2, -0.15) is 0 Å². The van der Waals surface area contributed by atoms with Gasteiger partial charge in [0, 0.05) is 22.3 Å². The summed E-state index contributed by atoms with van der Waals surface area (Å²) in [6, 6.07) is 16.1. The highest BCUT2D eigenvalue weighted by Gasteiger charge is 2.03. The Kier molecular flexibility index (Phi) is 3.10. The number of aromatic nitrogens is 1. The van der Waals surface area contributed by atoms with E-state index >= 15 is 0 Å². The first-order valence-corrected chi connectivity index (χ1v) is 6.49. The van der Waals surface area contributed by atoms with Crippen LogP contribution in [0.25, 0.3) is 10.8 Å². The summed E-state index contributed by atoms with van der Waals surface area (Å²) < 4.78 is 0. The van der Waals surface area contributed by atoms with Gasteiger partial charge in [-0.25, -0.2) is 4.98 Å². The van der Waals surface area contributed by atoms with E-state index in [0.29, 0.717) is 0 Å². The van der Waals surface area contributed by atoms with Crippen LogP contribution in [0.15, 0.2) is 54.7 Å². The average Bonchev–Trinajstić information content (AvgIpc) is 2.43. The molecule has 1 N–H and O–H groups in total. The SMILES string of the molecule is Cc1ccc(Nc2nccc3ccccc23)cc1Cl. The highest BCUT2D eigenvalue weighted by Crippen LogP contribution is 2.26. The number of benzene rings is 2. The van der Waals surface area contributed by atoms with Crippen LogP contribution >= 0.6 is 11.6 Å². The van der Waals surface area contributed by atoms with E-state index in [-0.39, 0.29) is 0 Å². The molecule has 2 nitrogen and oxygen atoms in total. The van der Waals surface area contributed by atoms with Gasteiger partial charge in [0.05, 0.1) is 0 Å². The number of hydrogen-bond donors (Lipinski definition) is 1. The van der Waals surface area contributed by atoms with Crippen molar-refractivity contribution in [2.75, 3.05) is 5.32 Å². The Hall–Kier alpha value is -2.06. The molecule has 0 aliphatic rings. The Morgan fingerprint density at radius 1 is 1.05 bits per heavy atom. The van der Waals surface area contributed by atoms with Crippen LogP contribution in [0.2, 0.25) is 5.02 Å². The van der Waals surface area contributed by atoms with Crippen LogP contribution in [-0.4, -0.2) is 4.98 Å². The molecule has 19 heavy (non-hydrogen) atoms. The molecule has 0 aliphatic carbocycles. The van der Waals surface area contributed by atoms with Crippen molar-refractivity contribution in [2.24, 2.45) is 0 Å². The van der Waals surface area contributed by atoms with E-state index in [1.54, 1.807) is 6.20 Å². The lowest BCUT2D eigenvalue weighted by Crippen LogP contribution is -1.94. The minimum Gasteiger partial charge on any atom is -0.340 e. The fourth-order valence-electron chi connectivity index (χ4n) is 2.03. The molecule has 0 fully saturated rings. The summed E-state index contributed by atoms with van der Waals surface area (Å²) in [7, 11) is 0. The summed E-state index contributed by atoms with van der Waals surface area (Å²) >= 11 is 6.14. The van der Waals surface area contributed by atoms with Crippen molar-refractivity contribution in [1.29, 1.82) is 0 Å². The fourth-order valence-corrected chi connectivity index (χ4v) is 2.21. The molecule has 0 unspecified atom stereocenters. The Morgan fingerprint density at radius 3 is 2.74 bits per heavy atom. The third-order valence-corrected chi connectivity index (χ3v) is 3.52. The van der Waals surface area contributed by atoms with Crippen LogP contribution in [0, 0.1) is 6.92 Å². The molecule has 0 saturated heterocycles. The third-order valence-electron chi connectivity index (χ3n) is 3.11. The van der Waals surface area contributed by atoms with Crippen molar-refractivity contribution in [3.8, 4) is 0 Å². The second-order valence-electron chi connectivity index (χ2n) is 4.47. The topological polar surface area (TPSA) is 24.9 Å². The standard InChI is InChI=1S/C16H13ClN2/c1-11-6-7-13(10-15(11)17)19-16-14-5-3-2-4-12(14)8-9-18-16/h2-10H,1H3,(H,18,19). The summed E-state index contributed by atoms with van der Waals surface area (Å²) in [5.41, 5.74) is 2.01. The summed E-state index contributed by atoms with van der Waals surface area (Å²) in [5.74, 6) is 0.845. The number of nitrogens with one attached hydrogen (secondary N) is 1. The van der Waals surface area contributed by atoms with Gasteiger partial charge in [0.2, 0.25) is 0 Å². The maximum Gasteiger partial charge on any atom is 0.138 e. The van der Waals surface area contributed by atoms with Crippen molar-refractivity contribution in [3.63, 3.8) is 0 Å². The maximum absolute atomic E-state index is 6.14. The van der Waals surface area contributed by atoms with Gasteiger partial charge >= 0.3 is 0 Å². The van der Waals surface area contributed by atoms with E-state index < -0.39 is 0 Å². The molecular formula is C16H13ClN2. The first-order chi connectivity index (χ1) is 9.24. The van der Waals surface area contributed by atoms with Crippen LogP contribution in [0.4, 0.5) is 11.5 Å². The first-order valence-electron chi connectivity index (χ1n) is 6.11. The smallest absolute Gasteiger partial charge is 0.138 e. The lowest BCUT2D eigenvalue weighted by molar-refractivity contribution is 1.33. The molecule has 0 spiro atoms. The molecule has 1 heterocycles. The zero-order valence-electron chi connectivity index (χ0n) is 10.5. The van der Waals surface area contributed by atoms with Gasteiger partial charge in [0.25, 0.3) is 0 Å². The molecular weight excluding hydrogens is 256 g/mol. The van der Waals surface area contributed by atoms with Crippen molar-refractivity contribution in [2.45, 2.75) is 6.92 Å². The first kappa shape index (κ1) is 12.0. The highest BCUT2D eigenvalue weighted by atomic mass is 35.5.